The van der Waals surface area contributed by atoms with E-state index < -0.39 is 23.7 Å². The van der Waals surface area contributed by atoms with Crippen molar-refractivity contribution >= 4 is 23.1 Å². The van der Waals surface area contributed by atoms with Gasteiger partial charge in [-0.15, -0.1) is 0 Å². The number of oxazole rings is 1. The summed E-state index contributed by atoms with van der Waals surface area (Å²) in [4.78, 5) is 17.8. The first kappa shape index (κ1) is 25.0. The van der Waals surface area contributed by atoms with Crippen LogP contribution in [0.4, 0.5) is 14.8 Å². The van der Waals surface area contributed by atoms with Gasteiger partial charge in [0.1, 0.15) is 17.1 Å². The molecule has 1 aromatic heterocycles. The monoisotopic (exact) mass is 496 g/mol. The molecule has 0 fully saturated rings. The molecule has 0 saturated heterocycles. The van der Waals surface area contributed by atoms with Crippen LogP contribution < -0.4 is 14.4 Å². The van der Waals surface area contributed by atoms with Gasteiger partial charge < -0.3 is 23.9 Å². The van der Waals surface area contributed by atoms with Gasteiger partial charge in [-0.2, -0.15) is 4.98 Å². The average molecular weight is 497 g/mol. The second kappa shape index (κ2) is 11.5. The topological polar surface area (TPSA) is 85.0 Å². The molecule has 0 aliphatic carbocycles. The molecule has 1 heterocycles. The molecular formula is C27H26F2N2O5. The highest BCUT2D eigenvalue weighted by Crippen LogP contribution is 2.25. The Morgan fingerprint density at radius 2 is 1.94 bits per heavy atom. The maximum absolute atomic E-state index is 13.9. The standard InChI is InChI=1S/C27H26F2N2O5/c1-2-23(26(32)33)35-20-8-5-7-18(15-20)17-31(27-30-22-9-3-4-10-25(22)36-27)13-6-14-34-24-12-11-19(28)16-21(24)29/h3-5,7-12,15-16,23H,2,6,13-14,17H2,1H3,(H,32,33). The van der Waals surface area contributed by atoms with E-state index >= 15 is 0 Å². The largest absolute Gasteiger partial charge is 0.490 e. The number of para-hydroxylation sites is 2. The Morgan fingerprint density at radius 1 is 1.11 bits per heavy atom. The molecule has 0 spiro atoms. The Morgan fingerprint density at radius 3 is 2.69 bits per heavy atom. The van der Waals surface area contributed by atoms with Crippen molar-refractivity contribution in [2.45, 2.75) is 32.4 Å². The number of hydrogen-bond acceptors (Lipinski definition) is 6. The van der Waals surface area contributed by atoms with E-state index in [4.69, 9.17) is 13.9 Å². The number of carbonyl (C=O) groups is 1. The van der Waals surface area contributed by atoms with Gasteiger partial charge in [-0.05, 0) is 54.8 Å². The number of hydrogen-bond donors (Lipinski definition) is 1. The Bertz CT molecular complexity index is 1290. The zero-order valence-electron chi connectivity index (χ0n) is 19.7. The number of fused-ring (bicyclic) bond motifs is 1. The van der Waals surface area contributed by atoms with Crippen LogP contribution in [0.15, 0.2) is 71.1 Å². The summed E-state index contributed by atoms with van der Waals surface area (Å²) in [5.41, 5.74) is 2.22. The number of anilines is 1. The summed E-state index contributed by atoms with van der Waals surface area (Å²) in [6.45, 7) is 2.81. The third-order valence-electron chi connectivity index (χ3n) is 5.47. The SMILES string of the molecule is CCC(Oc1cccc(CN(CCCOc2ccc(F)cc2F)c2nc3ccccc3o2)c1)C(=O)O. The number of aromatic nitrogens is 1. The third-order valence-corrected chi connectivity index (χ3v) is 5.47. The molecule has 1 atom stereocenters. The molecule has 0 amide bonds. The molecule has 1 N–H and O–H groups in total. The first-order valence-corrected chi connectivity index (χ1v) is 11.6. The fraction of sp³-hybridized carbons (Fsp3) is 0.259. The van der Waals surface area contributed by atoms with Gasteiger partial charge in [0, 0.05) is 19.2 Å². The number of benzene rings is 3. The zero-order chi connectivity index (χ0) is 25.5. The van der Waals surface area contributed by atoms with E-state index in [2.05, 4.69) is 4.98 Å². The molecule has 36 heavy (non-hydrogen) atoms. The van der Waals surface area contributed by atoms with E-state index in [1.165, 1.54) is 6.07 Å². The van der Waals surface area contributed by atoms with Gasteiger partial charge in [-0.25, -0.2) is 13.6 Å². The van der Waals surface area contributed by atoms with Gasteiger partial charge >= 0.3 is 5.97 Å². The normalized spacial score (nSPS) is 11.9. The third kappa shape index (κ3) is 6.29. The average Bonchev–Trinajstić information content (AvgIpc) is 3.30. The lowest BCUT2D eigenvalue weighted by atomic mass is 10.2. The van der Waals surface area contributed by atoms with Gasteiger partial charge in [0.25, 0.3) is 6.01 Å². The molecule has 0 aliphatic rings. The molecule has 0 saturated carbocycles. The van der Waals surface area contributed by atoms with Gasteiger partial charge in [0.15, 0.2) is 23.3 Å². The van der Waals surface area contributed by atoms with Gasteiger partial charge in [0.05, 0.1) is 6.61 Å². The minimum Gasteiger partial charge on any atom is -0.490 e. The predicted molar refractivity (Wildman–Crippen MR) is 130 cm³/mol. The van der Waals surface area contributed by atoms with Crippen molar-refractivity contribution in [3.63, 3.8) is 0 Å². The van der Waals surface area contributed by atoms with E-state index in [0.717, 1.165) is 17.7 Å². The lowest BCUT2D eigenvalue weighted by Gasteiger charge is -2.21. The van der Waals surface area contributed by atoms with Crippen molar-refractivity contribution < 1.29 is 32.6 Å². The molecule has 9 heteroatoms. The molecule has 0 radical (unpaired) electrons. The lowest BCUT2D eigenvalue weighted by Crippen LogP contribution is -2.27. The van der Waals surface area contributed by atoms with Crippen LogP contribution in [0.3, 0.4) is 0 Å². The van der Waals surface area contributed by atoms with Crippen LogP contribution in [-0.2, 0) is 11.3 Å². The fourth-order valence-electron chi connectivity index (χ4n) is 3.68. The number of halogens is 2. The summed E-state index contributed by atoms with van der Waals surface area (Å²) in [6.07, 6.45) is -0.0938. The molecule has 1 unspecified atom stereocenters. The summed E-state index contributed by atoms with van der Waals surface area (Å²) >= 11 is 0. The summed E-state index contributed by atoms with van der Waals surface area (Å²) in [5, 5.41) is 9.29. The number of carboxylic acids is 1. The summed E-state index contributed by atoms with van der Waals surface area (Å²) in [7, 11) is 0. The Labute approximate surface area is 206 Å². The van der Waals surface area contributed by atoms with Crippen molar-refractivity contribution in [1.29, 1.82) is 0 Å². The zero-order valence-corrected chi connectivity index (χ0v) is 19.7. The van der Waals surface area contributed by atoms with Gasteiger partial charge in [-0.3, -0.25) is 0 Å². The van der Waals surface area contributed by atoms with Crippen LogP contribution in [-0.4, -0.2) is 35.3 Å². The summed E-state index contributed by atoms with van der Waals surface area (Å²) < 4.78 is 44.1. The summed E-state index contributed by atoms with van der Waals surface area (Å²) in [6, 6.07) is 18.2. The van der Waals surface area contributed by atoms with E-state index in [0.29, 0.717) is 48.8 Å². The van der Waals surface area contributed by atoms with Gasteiger partial charge in [0.2, 0.25) is 0 Å². The van der Waals surface area contributed by atoms with E-state index in [-0.39, 0.29) is 12.4 Å². The van der Waals surface area contributed by atoms with Crippen molar-refractivity contribution in [3.05, 3.63) is 83.9 Å². The van der Waals surface area contributed by atoms with Crippen LogP contribution in [0.2, 0.25) is 0 Å². The van der Waals surface area contributed by atoms with Crippen LogP contribution in [0.25, 0.3) is 11.1 Å². The van der Waals surface area contributed by atoms with Crippen LogP contribution in [0, 0.1) is 11.6 Å². The highest BCUT2D eigenvalue weighted by molar-refractivity contribution is 5.74. The molecule has 4 aromatic rings. The second-order valence-corrected chi connectivity index (χ2v) is 8.16. The van der Waals surface area contributed by atoms with E-state index in [1.54, 1.807) is 25.1 Å². The maximum Gasteiger partial charge on any atom is 0.344 e. The number of ether oxygens (including phenoxy) is 2. The molecule has 0 aliphatic heterocycles. The van der Waals surface area contributed by atoms with Crippen molar-refractivity contribution in [2.24, 2.45) is 0 Å². The molecular weight excluding hydrogens is 470 g/mol. The number of carboxylic acid groups (broad SMARTS) is 1. The highest BCUT2D eigenvalue weighted by Gasteiger charge is 2.18. The van der Waals surface area contributed by atoms with Crippen LogP contribution >= 0.6 is 0 Å². The first-order valence-electron chi connectivity index (χ1n) is 11.6. The minimum atomic E-state index is -1.02. The smallest absolute Gasteiger partial charge is 0.344 e. The van der Waals surface area contributed by atoms with E-state index in [9.17, 15) is 18.7 Å². The van der Waals surface area contributed by atoms with Crippen molar-refractivity contribution in [1.82, 2.24) is 4.98 Å². The minimum absolute atomic E-state index is 0.0152. The highest BCUT2D eigenvalue weighted by atomic mass is 19.1. The van der Waals surface area contributed by atoms with Crippen LogP contribution in [0.1, 0.15) is 25.3 Å². The molecule has 7 nitrogen and oxygen atoms in total. The quantitative estimate of drug-likeness (QED) is 0.247. The predicted octanol–water partition coefficient (Wildman–Crippen LogP) is 5.82. The number of nitrogens with zero attached hydrogens (tertiary/aromatic N) is 2. The number of aliphatic carboxylic acids is 1. The van der Waals surface area contributed by atoms with Crippen molar-refractivity contribution in [3.8, 4) is 11.5 Å². The Hall–Kier alpha value is -4.14. The molecule has 188 valence electrons. The van der Waals surface area contributed by atoms with Crippen LogP contribution in [0.5, 0.6) is 11.5 Å². The Balaban J connectivity index is 1.48. The molecule has 0 bridgehead atoms. The Kier molecular flexibility index (Phi) is 7.99. The van der Waals surface area contributed by atoms with Crippen molar-refractivity contribution in [2.75, 3.05) is 18.1 Å². The molecule has 4 rings (SSSR count). The fourth-order valence-corrected chi connectivity index (χ4v) is 3.68. The lowest BCUT2D eigenvalue weighted by molar-refractivity contribution is -0.145. The van der Waals surface area contributed by atoms with Gasteiger partial charge in [-0.1, -0.05) is 31.2 Å². The summed E-state index contributed by atoms with van der Waals surface area (Å²) in [5.74, 6) is -2.00. The first-order chi connectivity index (χ1) is 17.4. The van der Waals surface area contributed by atoms with E-state index in [1.807, 2.05) is 35.2 Å². The number of rotatable bonds is 12. The maximum atomic E-state index is 13.9. The second-order valence-electron chi connectivity index (χ2n) is 8.16. The molecule has 3 aromatic carbocycles.